The summed E-state index contributed by atoms with van der Waals surface area (Å²) in [6, 6.07) is 11.1. The number of carbonyl (C=O) groups excluding carboxylic acids is 2. The van der Waals surface area contributed by atoms with Gasteiger partial charge >= 0.3 is 22.3 Å². The number of aliphatic hydroxyl groups excluding tert-OH is 1. The summed E-state index contributed by atoms with van der Waals surface area (Å²) in [7, 11) is 1.50. The van der Waals surface area contributed by atoms with Gasteiger partial charge in [-0.15, -0.1) is 0 Å². The van der Waals surface area contributed by atoms with Crippen LogP contribution in [0.4, 0.5) is 5.69 Å². The fraction of sp³-hybridized carbons (Fsp3) is 0.591. The van der Waals surface area contributed by atoms with Gasteiger partial charge in [0.15, 0.2) is 0 Å². The highest BCUT2D eigenvalue weighted by Gasteiger charge is 2.79. The first-order chi connectivity index (χ1) is 28.8. The Morgan fingerprint density at radius 3 is 2.31 bits per heavy atom. The van der Waals surface area contributed by atoms with E-state index in [0.29, 0.717) is 69.5 Å². The minimum absolute atomic E-state index is 0.0795. The Bertz CT molecular complexity index is 2380. The fourth-order valence-electron chi connectivity index (χ4n) is 13.2. The maximum Gasteiger partial charge on any atom is 0.394 e. The summed E-state index contributed by atoms with van der Waals surface area (Å²) in [4.78, 5) is 39.7. The van der Waals surface area contributed by atoms with Crippen LogP contribution in [0.1, 0.15) is 68.3 Å². The van der Waals surface area contributed by atoms with Crippen LogP contribution in [0.5, 0.6) is 5.75 Å². The number of likely N-dealkylation sites (N-methyl/N-ethyl adjacent to an activating group) is 1. The van der Waals surface area contributed by atoms with Crippen LogP contribution in [0.2, 0.25) is 0 Å². The first-order valence-electron chi connectivity index (χ1n) is 21.0. The Morgan fingerprint density at radius 1 is 0.951 bits per heavy atom. The van der Waals surface area contributed by atoms with E-state index in [1.807, 2.05) is 62.2 Å². The van der Waals surface area contributed by atoms with Gasteiger partial charge in [0.1, 0.15) is 17.3 Å². The molecule has 3 fully saturated rings. The zero-order valence-corrected chi connectivity index (χ0v) is 36.4. The van der Waals surface area contributed by atoms with Gasteiger partial charge in [0, 0.05) is 84.0 Å². The number of rotatable bonds is 6. The minimum atomic E-state index is -4.67. The number of aliphatic hydroxyl groups is 3. The molecular weight excluding hydrogens is 809 g/mol. The molecule has 6 aliphatic rings. The van der Waals surface area contributed by atoms with Gasteiger partial charge in [0.05, 0.1) is 33.0 Å². The van der Waals surface area contributed by atoms with E-state index in [4.69, 9.17) is 31.7 Å². The summed E-state index contributed by atoms with van der Waals surface area (Å²) in [5.74, 6) is -0.908. The van der Waals surface area contributed by atoms with Crippen molar-refractivity contribution in [3.63, 3.8) is 0 Å². The third-order valence-electron chi connectivity index (χ3n) is 15.4. The second kappa shape index (κ2) is 15.0. The second-order valence-corrected chi connectivity index (χ2v) is 19.0. The Balaban J connectivity index is 0.000000973. The first kappa shape index (κ1) is 43.6. The average Bonchev–Trinajstić information content (AvgIpc) is 3.89. The van der Waals surface area contributed by atoms with Crippen molar-refractivity contribution in [1.29, 1.82) is 0 Å². The summed E-state index contributed by atoms with van der Waals surface area (Å²) in [6.07, 6.45) is 5.82. The monoisotopic (exact) mass is 866 g/mol. The van der Waals surface area contributed by atoms with Crippen LogP contribution in [-0.4, -0.2) is 150 Å². The molecule has 16 nitrogen and oxygen atoms in total. The molecule has 6 N–H and O–H groups in total. The quantitative estimate of drug-likeness (QED) is 0.119. The van der Waals surface area contributed by atoms with Crippen LogP contribution >= 0.6 is 0 Å². The van der Waals surface area contributed by atoms with E-state index in [9.17, 15) is 20.1 Å². The maximum atomic E-state index is 15.2. The van der Waals surface area contributed by atoms with Crippen molar-refractivity contribution < 1.29 is 56.6 Å². The molecule has 6 heterocycles. The zero-order valence-electron chi connectivity index (χ0n) is 35.6. The molecule has 2 unspecified atom stereocenters. The third-order valence-corrected chi connectivity index (χ3v) is 15.4. The third kappa shape index (κ3) is 6.20. The largest absolute Gasteiger partial charge is 0.496 e. The van der Waals surface area contributed by atoms with E-state index >= 15 is 4.79 Å². The van der Waals surface area contributed by atoms with Crippen LogP contribution in [0.25, 0.3) is 10.9 Å². The lowest BCUT2D eigenvalue weighted by molar-refractivity contribution is -0.218. The smallest absolute Gasteiger partial charge is 0.394 e. The number of benzene rings is 2. The number of fused-ring (bicyclic) bond motifs is 6. The van der Waals surface area contributed by atoms with Crippen molar-refractivity contribution in [2.45, 2.75) is 92.6 Å². The SMILES string of the molecule is CC[C@]1(O)C[C@H]2CN(CCc3c([nH]c4ccccc34)[C@@](C(=O)OC)(c3cc4c(cc3OC)N(C)[C@@H]3C45CCN4CC=C[C@](CC)([C@H]45)[C@@H](O)[C@]3(O)C(=O)OC)C2)C1.O=S(=O)(O)O. The molecular formula is C44H58N4O12S. The van der Waals surface area contributed by atoms with Crippen LogP contribution in [0.15, 0.2) is 48.6 Å². The molecule has 1 aromatic heterocycles. The highest BCUT2D eigenvalue weighted by Crippen LogP contribution is 2.67. The summed E-state index contributed by atoms with van der Waals surface area (Å²) in [5, 5.41) is 38.3. The number of hydrogen-bond acceptors (Lipinski definition) is 13. The summed E-state index contributed by atoms with van der Waals surface area (Å²) in [5.41, 5.74) is -1.43. The lowest BCUT2D eigenvalue weighted by Crippen LogP contribution is -2.80. The molecule has 0 amide bonds. The van der Waals surface area contributed by atoms with Crippen LogP contribution in [0, 0.1) is 11.3 Å². The Labute approximate surface area is 356 Å². The number of methoxy groups -OCH3 is 3. The Hall–Kier alpha value is -4.07. The molecule has 9 rings (SSSR count). The molecule has 0 radical (unpaired) electrons. The van der Waals surface area contributed by atoms with Gasteiger partial charge in [-0.1, -0.05) is 44.2 Å². The molecule has 2 saturated heterocycles. The maximum absolute atomic E-state index is 15.2. The Morgan fingerprint density at radius 2 is 1.66 bits per heavy atom. The van der Waals surface area contributed by atoms with Crippen molar-refractivity contribution in [3.05, 3.63) is 70.9 Å². The number of aromatic nitrogens is 1. The molecule has 10 atom stereocenters. The van der Waals surface area contributed by atoms with Gasteiger partial charge in [-0.25, -0.2) is 4.79 Å². The van der Waals surface area contributed by atoms with Crippen LogP contribution in [0.3, 0.4) is 0 Å². The number of anilines is 1. The molecule has 1 saturated carbocycles. The summed E-state index contributed by atoms with van der Waals surface area (Å²) >= 11 is 0. The normalized spacial score (nSPS) is 36.2. The molecule has 332 valence electrons. The molecule has 1 aliphatic carbocycles. The molecule has 61 heavy (non-hydrogen) atoms. The van der Waals surface area contributed by atoms with Gasteiger partial charge in [-0.3, -0.25) is 23.7 Å². The molecule has 17 heteroatoms. The molecule has 1 spiro atoms. The number of nitrogens with zero attached hydrogens (tertiary/aromatic N) is 3. The van der Waals surface area contributed by atoms with E-state index in [1.165, 1.54) is 14.2 Å². The van der Waals surface area contributed by atoms with Crippen LogP contribution < -0.4 is 9.64 Å². The van der Waals surface area contributed by atoms with E-state index in [1.54, 1.807) is 7.11 Å². The number of nitrogens with one attached hydrogen (secondary N) is 1. The van der Waals surface area contributed by atoms with Gasteiger partial charge in [0.2, 0.25) is 5.60 Å². The lowest BCUT2D eigenvalue weighted by atomic mass is 9.47. The van der Waals surface area contributed by atoms with E-state index < -0.39 is 61.9 Å². The predicted octanol–water partition coefficient (Wildman–Crippen LogP) is 2.77. The van der Waals surface area contributed by atoms with Crippen molar-refractivity contribution in [2.24, 2.45) is 11.3 Å². The summed E-state index contributed by atoms with van der Waals surface area (Å²) < 4.78 is 49.2. The number of ether oxygens (including phenoxy) is 3. The summed E-state index contributed by atoms with van der Waals surface area (Å²) in [6.45, 7) is 7.41. The van der Waals surface area contributed by atoms with Gasteiger partial charge in [-0.2, -0.15) is 8.42 Å². The number of H-pyrrole nitrogens is 1. The molecule has 3 aromatic rings. The number of aromatic amines is 1. The average molecular weight is 867 g/mol. The van der Waals surface area contributed by atoms with E-state index in [2.05, 4.69) is 26.9 Å². The zero-order chi connectivity index (χ0) is 44.1. The number of esters is 2. The second-order valence-electron chi connectivity index (χ2n) is 18.1. The number of carbonyl (C=O) groups is 2. The van der Waals surface area contributed by atoms with Crippen molar-refractivity contribution in [1.82, 2.24) is 14.8 Å². The minimum Gasteiger partial charge on any atom is -0.496 e. The number of hydrogen-bond donors (Lipinski definition) is 6. The number of para-hydroxylation sites is 1. The Kier molecular flexibility index (Phi) is 10.7. The first-order valence-corrected chi connectivity index (χ1v) is 22.4. The van der Waals surface area contributed by atoms with Crippen molar-refractivity contribution >= 4 is 38.9 Å². The highest BCUT2D eigenvalue weighted by molar-refractivity contribution is 7.79. The molecule has 2 bridgehead atoms. The van der Waals surface area contributed by atoms with Gasteiger partial charge in [-0.05, 0) is 74.2 Å². The van der Waals surface area contributed by atoms with E-state index in [-0.39, 0.29) is 12.0 Å². The highest BCUT2D eigenvalue weighted by atomic mass is 32.3. The van der Waals surface area contributed by atoms with Crippen molar-refractivity contribution in [3.8, 4) is 5.75 Å². The van der Waals surface area contributed by atoms with Crippen molar-refractivity contribution in [2.75, 3.05) is 66.0 Å². The molecule has 5 aliphatic heterocycles. The topological polar surface area (TPSA) is 223 Å². The lowest BCUT2D eigenvalue weighted by Gasteiger charge is -2.63. The van der Waals surface area contributed by atoms with Gasteiger partial charge in [0.25, 0.3) is 0 Å². The number of piperidine rings is 1. The predicted molar refractivity (Wildman–Crippen MR) is 225 cm³/mol. The van der Waals surface area contributed by atoms with Gasteiger partial charge < -0.3 is 39.4 Å². The fourth-order valence-corrected chi connectivity index (χ4v) is 13.2. The van der Waals surface area contributed by atoms with E-state index in [0.717, 1.165) is 46.5 Å². The molecule has 2 aromatic carbocycles. The standard InChI is InChI=1S/C44H56N4O8.H2O4S/c1-7-40(52)22-26-23-43(38(50)55-5,34-28(14-18-47(24-26)25-40)27-12-9-10-13-31(27)45-34)30-20-29-32(21-33(30)54-4)46(3)36-42(29)16-19-48-17-11-15-41(8-2,35(42)48)37(49)44(36,53)39(51)56-6;1-5(2,3)4/h9-13,15,20-21,26,35-37,45,49,52-53H,7-8,14,16-19,22-25H2,1-6H3;(H2,1,2,3,4)/t26-,35+,36-,37-,40+,41-,42?,43+,44+;/m1./s1. The van der Waals surface area contributed by atoms with Crippen LogP contribution in [-0.2, 0) is 46.7 Å².